The third-order valence-electron chi connectivity index (χ3n) is 1.31. The molecule has 0 heterocycles. The van der Waals surface area contributed by atoms with Gasteiger partial charge in [-0.2, -0.15) is 0 Å². The van der Waals surface area contributed by atoms with E-state index in [-0.39, 0.29) is 0 Å². The topological polar surface area (TPSA) is 55.1 Å². The van der Waals surface area contributed by atoms with Crippen molar-refractivity contribution in [3.05, 3.63) is 35.4 Å². The van der Waals surface area contributed by atoms with E-state index in [1.807, 2.05) is 13.0 Å². The van der Waals surface area contributed by atoms with Crippen LogP contribution >= 0.6 is 11.6 Å². The molecule has 0 unspecified atom stereocenters. The number of hydrogen-bond acceptors (Lipinski definition) is 1. The second kappa shape index (κ2) is 6.31. The maximum Gasteiger partial charge on any atom is 0.312 e. The Morgan fingerprint density at radius 2 is 2.31 bits per heavy atom. The summed E-state index contributed by atoms with van der Waals surface area (Å²) in [6.45, 7) is 5.69. The summed E-state index contributed by atoms with van der Waals surface area (Å²) in [5.74, 6) is 0. The smallest absolute Gasteiger partial charge is 0.312 e. The summed E-state index contributed by atoms with van der Waals surface area (Å²) in [4.78, 5) is 10.4. The molecule has 0 saturated heterocycles. The monoisotopic (exact) mass is 200 g/mol. The molecule has 0 aromatic heterocycles. The van der Waals surface area contributed by atoms with Crippen molar-refractivity contribution in [1.29, 1.82) is 0 Å². The van der Waals surface area contributed by atoms with Gasteiger partial charge >= 0.3 is 6.03 Å². The Morgan fingerprint density at radius 1 is 1.69 bits per heavy atom. The number of amides is 2. The van der Waals surface area contributed by atoms with Gasteiger partial charge in [-0.05, 0) is 12.5 Å². The number of carbonyl (C=O) groups excluding carboxylic acids is 1. The van der Waals surface area contributed by atoms with Crippen molar-refractivity contribution in [2.75, 3.05) is 6.54 Å². The van der Waals surface area contributed by atoms with E-state index in [0.717, 1.165) is 5.57 Å². The highest BCUT2D eigenvalue weighted by Gasteiger charge is 1.99. The first kappa shape index (κ1) is 11.8. The number of nitrogens with one attached hydrogen (secondary N) is 1. The summed E-state index contributed by atoms with van der Waals surface area (Å²) in [5, 5.41) is 2.95. The Balaban J connectivity index is 4.44. The van der Waals surface area contributed by atoms with E-state index in [1.165, 1.54) is 6.08 Å². The zero-order valence-corrected chi connectivity index (χ0v) is 8.27. The van der Waals surface area contributed by atoms with Gasteiger partial charge in [0.15, 0.2) is 0 Å². The molecule has 0 atom stereocenters. The van der Waals surface area contributed by atoms with Crippen molar-refractivity contribution in [3.63, 3.8) is 0 Å². The fourth-order valence-electron chi connectivity index (χ4n) is 0.738. The number of halogens is 1. The highest BCUT2D eigenvalue weighted by Crippen LogP contribution is 2.10. The van der Waals surface area contributed by atoms with E-state index in [2.05, 4.69) is 11.9 Å². The summed E-state index contributed by atoms with van der Waals surface area (Å²) < 4.78 is 0. The van der Waals surface area contributed by atoms with E-state index in [0.29, 0.717) is 11.6 Å². The minimum Gasteiger partial charge on any atom is -0.352 e. The molecule has 0 bridgehead atoms. The van der Waals surface area contributed by atoms with Crippen LogP contribution in [0.1, 0.15) is 6.92 Å². The van der Waals surface area contributed by atoms with E-state index in [1.54, 1.807) is 6.08 Å². The first-order chi connectivity index (χ1) is 6.11. The molecule has 0 aliphatic carbocycles. The van der Waals surface area contributed by atoms with Gasteiger partial charge in [0.05, 0.1) is 0 Å². The number of urea groups is 1. The van der Waals surface area contributed by atoms with Crippen LogP contribution in [0.5, 0.6) is 0 Å². The number of hydrogen-bond donors (Lipinski definition) is 2. The summed E-state index contributed by atoms with van der Waals surface area (Å²) in [6, 6.07) is -0.574. The fourth-order valence-corrected chi connectivity index (χ4v) is 0.867. The standard InChI is InChI=1S/C9H13ClN2O/c1-3-5-7(8(10)4-2)6-12-9(11)13/h3-5H,2,6H2,1H3,(H3,11,12,13)/b5-3-,8-7-. The molecular formula is C9H13ClN2O. The molecule has 3 nitrogen and oxygen atoms in total. The molecule has 3 N–H and O–H groups in total. The van der Waals surface area contributed by atoms with Crippen molar-refractivity contribution >= 4 is 17.6 Å². The van der Waals surface area contributed by atoms with Crippen LogP contribution in [0.25, 0.3) is 0 Å². The van der Waals surface area contributed by atoms with Crippen LogP contribution in [0.3, 0.4) is 0 Å². The van der Waals surface area contributed by atoms with E-state index in [4.69, 9.17) is 17.3 Å². The SMILES string of the molecule is C=C/C(Cl)=C(\C=C/C)CNC(N)=O. The van der Waals surface area contributed by atoms with Gasteiger partial charge in [0.2, 0.25) is 0 Å². The summed E-state index contributed by atoms with van der Waals surface area (Å²) in [6.07, 6.45) is 5.13. The molecule has 0 aromatic rings. The minimum atomic E-state index is -0.574. The number of nitrogens with two attached hydrogens (primary N) is 1. The van der Waals surface area contributed by atoms with Crippen LogP contribution in [0.2, 0.25) is 0 Å². The Hall–Kier alpha value is -1.22. The molecule has 0 spiro atoms. The van der Waals surface area contributed by atoms with Crippen LogP contribution in [-0.4, -0.2) is 12.6 Å². The van der Waals surface area contributed by atoms with Gasteiger partial charge < -0.3 is 11.1 Å². The van der Waals surface area contributed by atoms with Gasteiger partial charge in [-0.15, -0.1) is 0 Å². The molecule has 0 radical (unpaired) electrons. The highest BCUT2D eigenvalue weighted by atomic mass is 35.5. The van der Waals surface area contributed by atoms with Crippen molar-refractivity contribution < 1.29 is 4.79 Å². The highest BCUT2D eigenvalue weighted by molar-refractivity contribution is 6.31. The lowest BCUT2D eigenvalue weighted by molar-refractivity contribution is 0.250. The van der Waals surface area contributed by atoms with Crippen molar-refractivity contribution in [2.24, 2.45) is 5.73 Å². The first-order valence-corrected chi connectivity index (χ1v) is 4.16. The lowest BCUT2D eigenvalue weighted by atomic mass is 10.2. The fraction of sp³-hybridized carbons (Fsp3) is 0.222. The number of primary amides is 1. The van der Waals surface area contributed by atoms with Gasteiger partial charge in [0, 0.05) is 11.6 Å². The lowest BCUT2D eigenvalue weighted by Crippen LogP contribution is -2.30. The molecule has 0 aromatic carbocycles. The van der Waals surface area contributed by atoms with Gasteiger partial charge in [0.1, 0.15) is 0 Å². The van der Waals surface area contributed by atoms with Crippen LogP contribution in [0, 0.1) is 0 Å². The number of allylic oxidation sites excluding steroid dienone is 3. The average molecular weight is 201 g/mol. The number of carbonyl (C=O) groups is 1. The Kier molecular flexibility index (Phi) is 5.72. The van der Waals surface area contributed by atoms with Gasteiger partial charge in [-0.25, -0.2) is 4.79 Å². The molecular weight excluding hydrogens is 188 g/mol. The molecule has 0 rings (SSSR count). The van der Waals surface area contributed by atoms with Crippen molar-refractivity contribution in [2.45, 2.75) is 6.92 Å². The minimum absolute atomic E-state index is 0.310. The summed E-state index contributed by atoms with van der Waals surface area (Å²) in [7, 11) is 0. The lowest BCUT2D eigenvalue weighted by Gasteiger charge is -2.03. The molecule has 0 saturated carbocycles. The molecule has 0 aliphatic heterocycles. The third-order valence-corrected chi connectivity index (χ3v) is 1.70. The maximum atomic E-state index is 10.4. The Bertz CT molecular complexity index is 256. The third kappa shape index (κ3) is 5.09. The van der Waals surface area contributed by atoms with Crippen LogP contribution in [0.15, 0.2) is 35.4 Å². The van der Waals surface area contributed by atoms with Gasteiger partial charge in [-0.1, -0.05) is 36.4 Å². The predicted octanol–water partition coefficient (Wildman–Crippen LogP) is 1.91. The second-order valence-corrected chi connectivity index (χ2v) is 2.70. The first-order valence-electron chi connectivity index (χ1n) is 3.79. The van der Waals surface area contributed by atoms with Crippen molar-refractivity contribution in [3.8, 4) is 0 Å². The normalized spacial score (nSPS) is 12.5. The average Bonchev–Trinajstić information content (AvgIpc) is 2.10. The van der Waals surface area contributed by atoms with E-state index < -0.39 is 6.03 Å². The summed E-state index contributed by atoms with van der Waals surface area (Å²) in [5.41, 5.74) is 5.69. The van der Waals surface area contributed by atoms with Gasteiger partial charge in [0.25, 0.3) is 0 Å². The summed E-state index contributed by atoms with van der Waals surface area (Å²) >= 11 is 5.81. The molecule has 4 heteroatoms. The predicted molar refractivity (Wildman–Crippen MR) is 55.5 cm³/mol. The van der Waals surface area contributed by atoms with Crippen molar-refractivity contribution in [1.82, 2.24) is 5.32 Å². The Morgan fingerprint density at radius 3 is 2.69 bits per heavy atom. The van der Waals surface area contributed by atoms with Crippen LogP contribution < -0.4 is 11.1 Å². The van der Waals surface area contributed by atoms with Gasteiger partial charge in [-0.3, -0.25) is 0 Å². The molecule has 2 amide bonds. The largest absolute Gasteiger partial charge is 0.352 e. The molecule has 72 valence electrons. The zero-order valence-electron chi connectivity index (χ0n) is 7.51. The second-order valence-electron chi connectivity index (χ2n) is 2.30. The van der Waals surface area contributed by atoms with E-state index >= 15 is 0 Å². The quantitative estimate of drug-likeness (QED) is 0.670. The Labute approximate surface area is 82.9 Å². The molecule has 13 heavy (non-hydrogen) atoms. The van der Waals surface area contributed by atoms with Crippen LogP contribution in [-0.2, 0) is 0 Å². The zero-order chi connectivity index (χ0) is 10.3. The van der Waals surface area contributed by atoms with Crippen LogP contribution in [0.4, 0.5) is 4.79 Å². The number of rotatable bonds is 4. The molecule has 0 aliphatic rings. The molecule has 0 fully saturated rings. The maximum absolute atomic E-state index is 10.4. The van der Waals surface area contributed by atoms with E-state index in [9.17, 15) is 4.79 Å².